The van der Waals surface area contributed by atoms with Crippen LogP contribution in [0.5, 0.6) is 17.2 Å². The summed E-state index contributed by atoms with van der Waals surface area (Å²) in [5.41, 5.74) is 0.913. The molecule has 94 valence electrons. The van der Waals surface area contributed by atoms with Gasteiger partial charge in [0.1, 0.15) is 17.2 Å². The lowest BCUT2D eigenvalue weighted by molar-refractivity contribution is 0.476. The van der Waals surface area contributed by atoms with Crippen molar-refractivity contribution in [2.45, 2.75) is 6.92 Å². The molecule has 0 spiro atoms. The third kappa shape index (κ3) is 2.50. The summed E-state index contributed by atoms with van der Waals surface area (Å²) >= 11 is 0. The second kappa shape index (κ2) is 4.61. The Labute approximate surface area is 111 Å². The maximum absolute atomic E-state index is 9.50. The lowest BCUT2D eigenvalue weighted by Gasteiger charge is -2.07. The van der Waals surface area contributed by atoms with Crippen LogP contribution in [0.25, 0.3) is 10.8 Å². The molecule has 19 heavy (non-hydrogen) atoms. The number of rotatable bonds is 2. The van der Waals surface area contributed by atoms with Gasteiger partial charge in [-0.2, -0.15) is 0 Å². The van der Waals surface area contributed by atoms with Crippen LogP contribution in [-0.2, 0) is 0 Å². The average Bonchev–Trinajstić information content (AvgIpc) is 2.38. The molecule has 0 unspecified atom stereocenters. The number of aromatic nitrogens is 1. The summed E-state index contributed by atoms with van der Waals surface area (Å²) in [7, 11) is 0. The van der Waals surface area contributed by atoms with Gasteiger partial charge in [0.25, 0.3) is 0 Å². The van der Waals surface area contributed by atoms with Crippen LogP contribution in [0.3, 0.4) is 0 Å². The zero-order valence-electron chi connectivity index (χ0n) is 10.5. The molecule has 0 saturated carbocycles. The second-order valence-electron chi connectivity index (χ2n) is 4.43. The van der Waals surface area contributed by atoms with Gasteiger partial charge in [0.2, 0.25) is 0 Å². The first kappa shape index (κ1) is 11.5. The quantitative estimate of drug-likeness (QED) is 0.747. The molecule has 0 fully saturated rings. The van der Waals surface area contributed by atoms with Crippen molar-refractivity contribution in [2.24, 2.45) is 0 Å². The van der Waals surface area contributed by atoms with Crippen LogP contribution < -0.4 is 4.74 Å². The summed E-state index contributed by atoms with van der Waals surface area (Å²) in [6.07, 6.45) is 1.72. The maximum Gasteiger partial charge on any atom is 0.130 e. The van der Waals surface area contributed by atoms with E-state index in [1.807, 2.05) is 43.3 Å². The summed E-state index contributed by atoms with van der Waals surface area (Å²) in [5, 5.41) is 11.5. The smallest absolute Gasteiger partial charge is 0.130 e. The summed E-state index contributed by atoms with van der Waals surface area (Å²) < 4.78 is 5.79. The minimum Gasteiger partial charge on any atom is -0.508 e. The van der Waals surface area contributed by atoms with Crippen molar-refractivity contribution >= 4 is 10.8 Å². The van der Waals surface area contributed by atoms with E-state index in [1.165, 1.54) is 0 Å². The molecule has 1 aromatic heterocycles. The van der Waals surface area contributed by atoms with Crippen LogP contribution in [0, 0.1) is 6.92 Å². The van der Waals surface area contributed by atoms with Gasteiger partial charge in [-0.1, -0.05) is 12.1 Å². The van der Waals surface area contributed by atoms with Crippen LogP contribution in [0.15, 0.2) is 54.7 Å². The molecule has 1 heterocycles. The normalized spacial score (nSPS) is 10.6. The van der Waals surface area contributed by atoms with Gasteiger partial charge >= 0.3 is 0 Å². The van der Waals surface area contributed by atoms with Gasteiger partial charge in [-0.15, -0.1) is 0 Å². The number of aryl methyl sites for hydroxylation is 1. The summed E-state index contributed by atoms with van der Waals surface area (Å²) in [5.74, 6) is 1.75. The van der Waals surface area contributed by atoms with Crippen molar-refractivity contribution < 1.29 is 9.84 Å². The van der Waals surface area contributed by atoms with E-state index in [0.717, 1.165) is 28.0 Å². The van der Waals surface area contributed by atoms with Gasteiger partial charge in [0, 0.05) is 18.0 Å². The van der Waals surface area contributed by atoms with Crippen molar-refractivity contribution in [1.82, 2.24) is 4.98 Å². The van der Waals surface area contributed by atoms with Crippen LogP contribution in [0.2, 0.25) is 0 Å². The zero-order chi connectivity index (χ0) is 13.2. The lowest BCUT2D eigenvalue weighted by Crippen LogP contribution is -1.86. The second-order valence-corrected chi connectivity index (χ2v) is 4.43. The number of hydrogen-bond donors (Lipinski definition) is 1. The Balaban J connectivity index is 1.97. The van der Waals surface area contributed by atoms with E-state index in [0.29, 0.717) is 0 Å². The summed E-state index contributed by atoms with van der Waals surface area (Å²) in [4.78, 5) is 4.13. The topological polar surface area (TPSA) is 42.4 Å². The van der Waals surface area contributed by atoms with Gasteiger partial charge in [-0.25, -0.2) is 0 Å². The molecule has 0 atom stereocenters. The first-order valence-electron chi connectivity index (χ1n) is 6.04. The molecule has 1 N–H and O–H groups in total. The number of phenolic OH excluding ortho intramolecular Hbond substituents is 1. The minimum atomic E-state index is 0.254. The summed E-state index contributed by atoms with van der Waals surface area (Å²) in [6.45, 7) is 1.92. The molecule has 3 aromatic rings. The Morgan fingerprint density at radius 2 is 1.68 bits per heavy atom. The predicted molar refractivity (Wildman–Crippen MR) is 74.7 cm³/mol. The number of benzene rings is 2. The Bertz CT molecular complexity index is 738. The molecule has 0 aliphatic rings. The van der Waals surface area contributed by atoms with Crippen molar-refractivity contribution in [3.05, 3.63) is 60.4 Å². The third-order valence-electron chi connectivity index (χ3n) is 2.90. The summed E-state index contributed by atoms with van der Waals surface area (Å²) in [6, 6.07) is 14.8. The Morgan fingerprint density at radius 1 is 0.895 bits per heavy atom. The van der Waals surface area contributed by atoms with Gasteiger partial charge in [0.05, 0.1) is 0 Å². The molecule has 0 amide bonds. The molecule has 0 bridgehead atoms. The SMILES string of the molecule is Cc1cc(Oc2ccc3ccc(O)cc3c2)ccn1. The molecule has 0 aliphatic carbocycles. The Kier molecular flexibility index (Phi) is 2.80. The molecule has 3 rings (SSSR count). The fraction of sp³-hybridized carbons (Fsp3) is 0.0625. The largest absolute Gasteiger partial charge is 0.508 e. The average molecular weight is 251 g/mol. The van der Waals surface area contributed by atoms with Gasteiger partial charge in [-0.3, -0.25) is 4.98 Å². The molecular formula is C16H13NO2. The Morgan fingerprint density at radius 3 is 2.53 bits per heavy atom. The monoisotopic (exact) mass is 251 g/mol. The van der Waals surface area contributed by atoms with Crippen LogP contribution in [0.4, 0.5) is 0 Å². The highest BCUT2D eigenvalue weighted by atomic mass is 16.5. The van der Waals surface area contributed by atoms with Gasteiger partial charge in [0.15, 0.2) is 0 Å². The van der Waals surface area contributed by atoms with Crippen molar-refractivity contribution in [1.29, 1.82) is 0 Å². The molecular weight excluding hydrogens is 238 g/mol. The number of nitrogens with zero attached hydrogens (tertiary/aromatic N) is 1. The maximum atomic E-state index is 9.50. The van der Waals surface area contributed by atoms with E-state index in [4.69, 9.17) is 4.74 Å². The number of aromatic hydroxyl groups is 1. The molecule has 0 saturated heterocycles. The van der Waals surface area contributed by atoms with Crippen molar-refractivity contribution in [3.63, 3.8) is 0 Å². The first-order chi connectivity index (χ1) is 9.20. The minimum absolute atomic E-state index is 0.254. The van der Waals surface area contributed by atoms with Crippen LogP contribution >= 0.6 is 0 Å². The van der Waals surface area contributed by atoms with E-state index in [-0.39, 0.29) is 5.75 Å². The van der Waals surface area contributed by atoms with Crippen molar-refractivity contribution in [3.8, 4) is 17.2 Å². The van der Waals surface area contributed by atoms with Gasteiger partial charge < -0.3 is 9.84 Å². The highest BCUT2D eigenvalue weighted by Gasteiger charge is 2.01. The fourth-order valence-corrected chi connectivity index (χ4v) is 1.99. The van der Waals surface area contributed by atoms with E-state index >= 15 is 0 Å². The number of pyridine rings is 1. The van der Waals surface area contributed by atoms with E-state index < -0.39 is 0 Å². The Hall–Kier alpha value is -2.55. The molecule has 3 nitrogen and oxygen atoms in total. The van der Waals surface area contributed by atoms with Gasteiger partial charge in [-0.05, 0) is 48.0 Å². The predicted octanol–water partition coefficient (Wildman–Crippen LogP) is 4.04. The lowest BCUT2D eigenvalue weighted by atomic mass is 10.1. The number of hydrogen-bond acceptors (Lipinski definition) is 3. The third-order valence-corrected chi connectivity index (χ3v) is 2.90. The number of phenols is 1. The highest BCUT2D eigenvalue weighted by Crippen LogP contribution is 2.27. The van der Waals surface area contributed by atoms with E-state index in [9.17, 15) is 5.11 Å². The number of ether oxygens (including phenoxy) is 1. The first-order valence-corrected chi connectivity index (χ1v) is 6.04. The number of fused-ring (bicyclic) bond motifs is 1. The van der Waals surface area contributed by atoms with E-state index in [1.54, 1.807) is 18.3 Å². The highest BCUT2D eigenvalue weighted by molar-refractivity contribution is 5.85. The van der Waals surface area contributed by atoms with Crippen LogP contribution in [-0.4, -0.2) is 10.1 Å². The molecule has 3 heteroatoms. The van der Waals surface area contributed by atoms with E-state index in [2.05, 4.69) is 4.98 Å². The molecule has 0 radical (unpaired) electrons. The molecule has 2 aromatic carbocycles. The fourth-order valence-electron chi connectivity index (χ4n) is 1.99. The van der Waals surface area contributed by atoms with Crippen LogP contribution in [0.1, 0.15) is 5.69 Å². The zero-order valence-corrected chi connectivity index (χ0v) is 10.5. The molecule has 0 aliphatic heterocycles. The standard InChI is InChI=1S/C16H13NO2/c1-11-8-16(6-7-17-11)19-15-5-3-12-2-4-14(18)9-13(12)10-15/h2-10,18H,1H3. The van der Waals surface area contributed by atoms with Crippen molar-refractivity contribution in [2.75, 3.05) is 0 Å².